The van der Waals surface area contributed by atoms with Gasteiger partial charge in [-0.25, -0.2) is 0 Å². The summed E-state index contributed by atoms with van der Waals surface area (Å²) in [6.07, 6.45) is 9.56. The minimum atomic E-state index is 0.216. The first-order valence-electron chi connectivity index (χ1n) is 8.94. The molecule has 0 radical (unpaired) electrons. The van der Waals surface area contributed by atoms with E-state index in [0.29, 0.717) is 5.91 Å². The van der Waals surface area contributed by atoms with Crippen LogP contribution >= 0.6 is 0 Å². The molecule has 3 rings (SSSR count). The molecule has 0 saturated carbocycles. The minimum Gasteiger partial charge on any atom is -0.342 e. The molecule has 0 bridgehead atoms. The van der Waals surface area contributed by atoms with E-state index >= 15 is 0 Å². The molecule has 0 spiro atoms. The molecule has 0 aliphatic carbocycles. The predicted molar refractivity (Wildman–Crippen MR) is 89.7 cm³/mol. The Morgan fingerprint density at radius 3 is 2.43 bits per heavy atom. The van der Waals surface area contributed by atoms with Crippen LogP contribution in [0.15, 0.2) is 18.6 Å². The second kappa shape index (κ2) is 7.39. The van der Waals surface area contributed by atoms with Crippen LogP contribution < -0.4 is 0 Å². The molecule has 1 amide bonds. The molecule has 5 nitrogen and oxygen atoms in total. The Balaban J connectivity index is 1.51. The van der Waals surface area contributed by atoms with E-state index in [2.05, 4.69) is 33.6 Å². The molecule has 3 heterocycles. The number of aromatic nitrogens is 2. The number of rotatable bonds is 3. The Morgan fingerprint density at radius 1 is 1.13 bits per heavy atom. The molecule has 1 atom stereocenters. The summed E-state index contributed by atoms with van der Waals surface area (Å²) in [4.78, 5) is 25.8. The summed E-state index contributed by atoms with van der Waals surface area (Å²) in [7, 11) is 0. The highest BCUT2D eigenvalue weighted by atomic mass is 16.2. The number of hydrogen-bond donors (Lipinski definition) is 0. The van der Waals surface area contributed by atoms with Gasteiger partial charge in [0.15, 0.2) is 0 Å². The average Bonchev–Trinajstić information content (AvgIpc) is 2.62. The zero-order valence-corrected chi connectivity index (χ0v) is 14.3. The van der Waals surface area contributed by atoms with E-state index in [4.69, 9.17) is 0 Å². The molecular formula is C18H28N4O. The lowest BCUT2D eigenvalue weighted by atomic mass is 9.92. The third-order valence-electron chi connectivity index (χ3n) is 5.53. The van der Waals surface area contributed by atoms with Gasteiger partial charge in [-0.2, -0.15) is 0 Å². The van der Waals surface area contributed by atoms with E-state index < -0.39 is 0 Å². The van der Waals surface area contributed by atoms with Crippen molar-refractivity contribution in [3.63, 3.8) is 0 Å². The fourth-order valence-electron chi connectivity index (χ4n) is 3.73. The van der Waals surface area contributed by atoms with Crippen LogP contribution in [0.25, 0.3) is 0 Å². The average molecular weight is 316 g/mol. The molecule has 1 aromatic heterocycles. The van der Waals surface area contributed by atoms with Crippen LogP contribution in [0.2, 0.25) is 0 Å². The number of likely N-dealkylation sites (tertiary alicyclic amines) is 2. The van der Waals surface area contributed by atoms with Crippen LogP contribution in [-0.4, -0.2) is 51.9 Å². The SMILES string of the molecule is CC1CCN(C(=O)C2CCN(C(C)c3cnccn3)CC2)CC1. The lowest BCUT2D eigenvalue weighted by Crippen LogP contribution is -2.45. The van der Waals surface area contributed by atoms with Gasteiger partial charge in [-0.05, 0) is 51.6 Å². The number of nitrogens with zero attached hydrogens (tertiary/aromatic N) is 4. The monoisotopic (exact) mass is 316 g/mol. The van der Waals surface area contributed by atoms with Gasteiger partial charge in [-0.1, -0.05) is 6.92 Å². The number of carbonyl (C=O) groups is 1. The minimum absolute atomic E-state index is 0.216. The topological polar surface area (TPSA) is 49.3 Å². The van der Waals surface area contributed by atoms with E-state index in [1.807, 2.05) is 6.20 Å². The zero-order chi connectivity index (χ0) is 16.2. The summed E-state index contributed by atoms with van der Waals surface area (Å²) in [5, 5.41) is 0. The van der Waals surface area contributed by atoms with Crippen molar-refractivity contribution in [1.29, 1.82) is 0 Å². The number of piperidine rings is 2. The maximum absolute atomic E-state index is 12.7. The zero-order valence-electron chi connectivity index (χ0n) is 14.3. The molecule has 0 aromatic carbocycles. The highest BCUT2D eigenvalue weighted by molar-refractivity contribution is 5.79. The van der Waals surface area contributed by atoms with E-state index in [1.165, 1.54) is 0 Å². The Bertz CT molecular complexity index is 505. The van der Waals surface area contributed by atoms with E-state index in [9.17, 15) is 4.79 Å². The maximum Gasteiger partial charge on any atom is 0.225 e. The normalized spacial score (nSPS) is 23.0. The summed E-state index contributed by atoms with van der Waals surface area (Å²) in [6.45, 7) is 8.32. The van der Waals surface area contributed by atoms with Crippen LogP contribution in [0.1, 0.15) is 51.3 Å². The Hall–Kier alpha value is -1.49. The lowest BCUT2D eigenvalue weighted by Gasteiger charge is -2.38. The molecule has 2 saturated heterocycles. The van der Waals surface area contributed by atoms with Gasteiger partial charge in [-0.15, -0.1) is 0 Å². The van der Waals surface area contributed by atoms with Crippen LogP contribution in [0.4, 0.5) is 0 Å². The van der Waals surface area contributed by atoms with Crippen LogP contribution in [0, 0.1) is 11.8 Å². The van der Waals surface area contributed by atoms with Gasteiger partial charge < -0.3 is 4.90 Å². The highest BCUT2D eigenvalue weighted by Gasteiger charge is 2.31. The third kappa shape index (κ3) is 3.89. The van der Waals surface area contributed by atoms with Gasteiger partial charge in [0, 0.05) is 37.6 Å². The van der Waals surface area contributed by atoms with Gasteiger partial charge in [-0.3, -0.25) is 19.7 Å². The van der Waals surface area contributed by atoms with Crippen molar-refractivity contribution < 1.29 is 4.79 Å². The number of hydrogen-bond acceptors (Lipinski definition) is 4. The fraction of sp³-hybridized carbons (Fsp3) is 0.722. The Kier molecular flexibility index (Phi) is 5.26. The van der Waals surface area contributed by atoms with Gasteiger partial charge >= 0.3 is 0 Å². The van der Waals surface area contributed by atoms with E-state index in [1.54, 1.807) is 12.4 Å². The van der Waals surface area contributed by atoms with Crippen LogP contribution in [0.5, 0.6) is 0 Å². The molecule has 2 fully saturated rings. The van der Waals surface area contributed by atoms with Crippen molar-refractivity contribution >= 4 is 5.91 Å². The van der Waals surface area contributed by atoms with E-state index in [0.717, 1.165) is 63.5 Å². The van der Waals surface area contributed by atoms with Gasteiger partial charge in [0.1, 0.15) is 0 Å². The summed E-state index contributed by atoms with van der Waals surface area (Å²) >= 11 is 0. The second-order valence-electron chi connectivity index (χ2n) is 7.12. The Morgan fingerprint density at radius 2 is 1.83 bits per heavy atom. The smallest absolute Gasteiger partial charge is 0.225 e. The quantitative estimate of drug-likeness (QED) is 0.860. The first kappa shape index (κ1) is 16.4. The van der Waals surface area contributed by atoms with Gasteiger partial charge in [0.2, 0.25) is 5.91 Å². The van der Waals surface area contributed by atoms with Gasteiger partial charge in [0.05, 0.1) is 11.7 Å². The van der Waals surface area contributed by atoms with Crippen molar-refractivity contribution in [1.82, 2.24) is 19.8 Å². The summed E-state index contributed by atoms with van der Waals surface area (Å²) in [5.41, 5.74) is 1.02. The second-order valence-corrected chi connectivity index (χ2v) is 7.12. The summed E-state index contributed by atoms with van der Waals surface area (Å²) in [5.74, 6) is 1.38. The largest absolute Gasteiger partial charge is 0.342 e. The summed E-state index contributed by atoms with van der Waals surface area (Å²) < 4.78 is 0. The highest BCUT2D eigenvalue weighted by Crippen LogP contribution is 2.27. The Labute approximate surface area is 139 Å². The molecule has 2 aliphatic heterocycles. The third-order valence-corrected chi connectivity index (χ3v) is 5.53. The molecule has 0 N–H and O–H groups in total. The molecule has 1 aromatic rings. The molecule has 23 heavy (non-hydrogen) atoms. The van der Waals surface area contributed by atoms with Crippen molar-refractivity contribution in [2.45, 2.75) is 45.6 Å². The van der Waals surface area contributed by atoms with Crippen molar-refractivity contribution in [2.24, 2.45) is 11.8 Å². The van der Waals surface area contributed by atoms with Gasteiger partial charge in [0.25, 0.3) is 0 Å². The van der Waals surface area contributed by atoms with E-state index in [-0.39, 0.29) is 12.0 Å². The van der Waals surface area contributed by atoms with Crippen molar-refractivity contribution in [3.05, 3.63) is 24.3 Å². The standard InChI is InChI=1S/C18H28N4O/c1-14-3-9-22(10-4-14)18(23)16-5-11-21(12-6-16)15(2)17-13-19-7-8-20-17/h7-8,13-16H,3-6,9-12H2,1-2H3. The lowest BCUT2D eigenvalue weighted by molar-refractivity contribution is -0.138. The predicted octanol–water partition coefficient (Wildman–Crippen LogP) is 2.51. The maximum atomic E-state index is 12.7. The van der Waals surface area contributed by atoms with Crippen molar-refractivity contribution in [2.75, 3.05) is 26.2 Å². The molecule has 126 valence electrons. The molecular weight excluding hydrogens is 288 g/mol. The van der Waals surface area contributed by atoms with Crippen molar-refractivity contribution in [3.8, 4) is 0 Å². The number of carbonyl (C=O) groups excluding carboxylic acids is 1. The summed E-state index contributed by atoms with van der Waals surface area (Å²) in [6, 6.07) is 0.274. The van der Waals surface area contributed by atoms with Crippen LogP contribution in [0.3, 0.4) is 0 Å². The molecule has 2 aliphatic rings. The molecule has 1 unspecified atom stereocenters. The number of amides is 1. The first-order valence-corrected chi connectivity index (χ1v) is 8.94. The molecule has 5 heteroatoms. The fourth-order valence-corrected chi connectivity index (χ4v) is 3.73. The first-order chi connectivity index (χ1) is 11.1. The van der Waals surface area contributed by atoms with Crippen LogP contribution in [-0.2, 0) is 4.79 Å².